The summed E-state index contributed by atoms with van der Waals surface area (Å²) in [7, 11) is 0. The monoisotopic (exact) mass is 814 g/mol. The Kier molecular flexibility index (Phi) is 8.39. The predicted octanol–water partition coefficient (Wildman–Crippen LogP) is 13.8. The third-order valence-electron chi connectivity index (χ3n) is 13.7. The van der Waals surface area contributed by atoms with Gasteiger partial charge in [-0.3, -0.25) is 0 Å². The minimum absolute atomic E-state index is 0.0673. The van der Waals surface area contributed by atoms with Gasteiger partial charge in [0.2, 0.25) is 0 Å². The average Bonchev–Trinajstić information content (AvgIpc) is 3.88. The van der Waals surface area contributed by atoms with Crippen LogP contribution in [0.1, 0.15) is 11.1 Å². The van der Waals surface area contributed by atoms with Crippen LogP contribution in [0, 0.1) is 11.8 Å². The standard InChI is InChI=1S/C62H42N2/c1-7-21-41(22-8-1)55-59-49-35-19-33-47-53(63(43-25-11-3-12-26-43)44-27-13-4-14-28-44)39-37-51(57(47)49)61(59)56(42-23-9-2-10-24-42)62-52-38-40-54(48-34-20-36-50(58(48)52)60(55)62)64(45-29-15-5-16-30-45)46-31-17-6-18-32-46/h1-40,57-58H. The molecule has 2 atom stereocenters. The highest BCUT2D eigenvalue weighted by Crippen LogP contribution is 2.55. The van der Waals surface area contributed by atoms with Gasteiger partial charge in [-0.15, -0.1) is 0 Å². The van der Waals surface area contributed by atoms with E-state index < -0.39 is 0 Å². The van der Waals surface area contributed by atoms with E-state index in [0.29, 0.717) is 0 Å². The van der Waals surface area contributed by atoms with Crippen LogP contribution in [-0.4, -0.2) is 0 Å². The lowest BCUT2D eigenvalue weighted by atomic mass is 9.77. The van der Waals surface area contributed by atoms with Crippen molar-refractivity contribution in [2.75, 3.05) is 9.80 Å². The molecule has 7 aromatic carbocycles. The van der Waals surface area contributed by atoms with Gasteiger partial charge in [-0.1, -0.05) is 182 Å². The van der Waals surface area contributed by atoms with Gasteiger partial charge in [-0.05, 0) is 138 Å². The van der Waals surface area contributed by atoms with Gasteiger partial charge < -0.3 is 9.80 Å². The van der Waals surface area contributed by atoms with E-state index in [-0.39, 0.29) is 11.8 Å². The molecule has 64 heavy (non-hydrogen) atoms. The van der Waals surface area contributed by atoms with Gasteiger partial charge in [-0.25, -0.2) is 0 Å². The van der Waals surface area contributed by atoms with Crippen LogP contribution in [0.3, 0.4) is 0 Å². The molecule has 2 unspecified atom stereocenters. The van der Waals surface area contributed by atoms with Crippen LogP contribution in [0.5, 0.6) is 0 Å². The Balaban J connectivity index is 1.12. The summed E-state index contributed by atoms with van der Waals surface area (Å²) in [4.78, 5) is 4.86. The van der Waals surface area contributed by atoms with E-state index in [1.54, 1.807) is 0 Å². The second kappa shape index (κ2) is 14.7. The zero-order chi connectivity index (χ0) is 42.1. The van der Waals surface area contributed by atoms with E-state index in [4.69, 9.17) is 0 Å². The van der Waals surface area contributed by atoms with E-state index in [1.807, 2.05) is 0 Å². The molecule has 0 fully saturated rings. The highest BCUT2D eigenvalue weighted by atomic mass is 15.2. The van der Waals surface area contributed by atoms with Crippen LogP contribution in [0.4, 0.5) is 22.7 Å². The molecule has 0 radical (unpaired) electrons. The highest BCUT2D eigenvalue weighted by molar-refractivity contribution is 6.08. The number of hydrogen-bond donors (Lipinski definition) is 0. The summed E-state index contributed by atoms with van der Waals surface area (Å²) in [6.07, 6.45) is 23.8. The number of nitrogens with zero attached hydrogens (tertiary/aromatic N) is 2. The van der Waals surface area contributed by atoms with Gasteiger partial charge in [0.15, 0.2) is 0 Å². The summed E-state index contributed by atoms with van der Waals surface area (Å²) in [5.74, 6) is 0.135. The Labute approximate surface area is 374 Å². The average molecular weight is 815 g/mol. The molecule has 0 saturated carbocycles. The van der Waals surface area contributed by atoms with Gasteiger partial charge in [-0.2, -0.15) is 0 Å². The minimum atomic E-state index is 0.0673. The van der Waals surface area contributed by atoms with E-state index in [9.17, 15) is 0 Å². The first kappa shape index (κ1) is 36.5. The molecule has 300 valence electrons. The smallest absolute Gasteiger partial charge is 0.0503 e. The van der Waals surface area contributed by atoms with Crippen LogP contribution in [0.2, 0.25) is 0 Å². The zero-order valence-corrected chi connectivity index (χ0v) is 35.1. The molecule has 0 spiro atoms. The topological polar surface area (TPSA) is 6.48 Å². The van der Waals surface area contributed by atoms with Crippen LogP contribution < -0.4 is 20.2 Å². The molecule has 0 heterocycles. The molecule has 0 N–H and O–H groups in total. The lowest BCUT2D eigenvalue weighted by Gasteiger charge is -2.35. The Morgan fingerprint density at radius 1 is 0.297 bits per heavy atom. The van der Waals surface area contributed by atoms with Crippen molar-refractivity contribution in [2.24, 2.45) is 11.8 Å². The molecule has 0 saturated heterocycles. The fourth-order valence-electron chi connectivity index (χ4n) is 11.3. The van der Waals surface area contributed by atoms with Gasteiger partial charge >= 0.3 is 0 Å². The number of fused-ring (bicyclic) bond motifs is 4. The molecular weight excluding hydrogens is 773 g/mol. The van der Waals surface area contributed by atoms with E-state index in [1.165, 1.54) is 88.7 Å². The van der Waals surface area contributed by atoms with Gasteiger partial charge in [0, 0.05) is 34.6 Å². The summed E-state index contributed by atoms with van der Waals surface area (Å²) in [5.41, 5.74) is 22.9. The number of hydrogen-bond acceptors (Lipinski definition) is 2. The fourth-order valence-corrected chi connectivity index (χ4v) is 11.3. The van der Waals surface area contributed by atoms with Crippen LogP contribution >= 0.6 is 0 Å². The van der Waals surface area contributed by atoms with Gasteiger partial charge in [0.25, 0.3) is 0 Å². The van der Waals surface area contributed by atoms with Crippen molar-refractivity contribution in [1.29, 1.82) is 0 Å². The van der Waals surface area contributed by atoms with Crippen LogP contribution in [0.15, 0.2) is 265 Å². The van der Waals surface area contributed by atoms with Crippen LogP contribution in [0.25, 0.3) is 44.5 Å². The zero-order valence-electron chi connectivity index (χ0n) is 35.1. The Bertz CT molecular complexity index is 3360. The molecule has 6 aliphatic carbocycles. The molecule has 2 nitrogen and oxygen atoms in total. The van der Waals surface area contributed by atoms with E-state index in [2.05, 4.69) is 253 Å². The van der Waals surface area contributed by atoms with Gasteiger partial charge in [0.1, 0.15) is 0 Å². The minimum Gasteiger partial charge on any atom is -0.310 e. The molecule has 0 aliphatic heterocycles. The summed E-state index contributed by atoms with van der Waals surface area (Å²) in [6, 6.07) is 65.6. The maximum atomic E-state index is 2.44. The van der Waals surface area contributed by atoms with Crippen molar-refractivity contribution in [3.63, 3.8) is 0 Å². The SMILES string of the molecule is C1=CC2=C(N(c3ccccc3)c3ccccc3)C=CC3=c4c(c(-c5ccccc5)c5c(c4-c4ccccc4)C4=CC=C(N(c6ccccc6)c6ccccc6)C6=CC=CC=5C64)C(=C1)C23. The van der Waals surface area contributed by atoms with Crippen molar-refractivity contribution in [1.82, 2.24) is 0 Å². The predicted molar refractivity (Wildman–Crippen MR) is 267 cm³/mol. The van der Waals surface area contributed by atoms with Crippen molar-refractivity contribution in [3.8, 4) is 22.3 Å². The van der Waals surface area contributed by atoms with Crippen molar-refractivity contribution < 1.29 is 0 Å². The molecule has 6 aliphatic rings. The third-order valence-corrected chi connectivity index (χ3v) is 13.7. The maximum Gasteiger partial charge on any atom is 0.0503 e. The molecule has 0 amide bonds. The van der Waals surface area contributed by atoms with Crippen LogP contribution in [-0.2, 0) is 0 Å². The van der Waals surface area contributed by atoms with E-state index >= 15 is 0 Å². The summed E-state index contributed by atoms with van der Waals surface area (Å²) in [6.45, 7) is 0. The Morgan fingerprint density at radius 3 is 1.20 bits per heavy atom. The Hall–Kier alpha value is -8.20. The maximum absolute atomic E-state index is 2.44. The number of benzene rings is 7. The quantitative estimate of drug-likeness (QED) is 0.151. The van der Waals surface area contributed by atoms with Crippen molar-refractivity contribution in [3.05, 3.63) is 287 Å². The number of rotatable bonds is 8. The largest absolute Gasteiger partial charge is 0.310 e. The Morgan fingerprint density at radius 2 is 0.703 bits per heavy atom. The van der Waals surface area contributed by atoms with Crippen molar-refractivity contribution >= 4 is 45.0 Å². The first-order chi connectivity index (χ1) is 31.8. The van der Waals surface area contributed by atoms with Gasteiger partial charge in [0.05, 0.1) is 11.4 Å². The number of anilines is 4. The van der Waals surface area contributed by atoms with Crippen molar-refractivity contribution in [2.45, 2.75) is 0 Å². The summed E-state index contributed by atoms with van der Waals surface area (Å²) < 4.78 is 0. The van der Waals surface area contributed by atoms with E-state index in [0.717, 1.165) is 22.7 Å². The fraction of sp³-hybridized carbons (Fsp3) is 0.0323. The first-order valence-electron chi connectivity index (χ1n) is 22.3. The summed E-state index contributed by atoms with van der Waals surface area (Å²) in [5, 5.41) is 2.70. The highest BCUT2D eigenvalue weighted by Gasteiger charge is 2.44. The normalized spacial score (nSPS) is 18.1. The summed E-state index contributed by atoms with van der Waals surface area (Å²) >= 11 is 0. The first-order valence-corrected chi connectivity index (χ1v) is 22.3. The molecule has 13 rings (SSSR count). The molecule has 2 heteroatoms. The third kappa shape index (κ3) is 5.46. The molecule has 0 aromatic heterocycles. The second-order valence-electron chi connectivity index (χ2n) is 17.1. The lowest BCUT2D eigenvalue weighted by molar-refractivity contribution is 0.985. The number of allylic oxidation sites excluding steroid dienone is 14. The second-order valence-corrected chi connectivity index (χ2v) is 17.1. The molecule has 7 aromatic rings. The lowest BCUT2D eigenvalue weighted by Crippen LogP contribution is -2.24. The molecular formula is C62H42N2. The molecule has 0 bridgehead atoms. The number of para-hydroxylation sites is 4.